The smallest absolute Gasteiger partial charge is 0.0725 e. The van der Waals surface area contributed by atoms with Gasteiger partial charge in [0.15, 0.2) is 0 Å². The molecule has 0 N–H and O–H groups in total. The lowest BCUT2D eigenvalue weighted by atomic mass is 9.86. The highest BCUT2D eigenvalue weighted by Gasteiger charge is 2.17. The van der Waals surface area contributed by atoms with Gasteiger partial charge in [-0.3, -0.25) is 0 Å². The van der Waals surface area contributed by atoms with Gasteiger partial charge in [0, 0.05) is 0 Å². The number of benzene rings is 2. The number of fused-ring (bicyclic) bond motifs is 1. The average Bonchev–Trinajstić information content (AvgIpc) is 2.93. The number of halogens is 1. The van der Waals surface area contributed by atoms with Gasteiger partial charge in [-0.25, -0.2) is 0 Å². The Bertz CT molecular complexity index is 638. The van der Waals surface area contributed by atoms with Crippen molar-refractivity contribution in [3.05, 3.63) is 70.3 Å². The van der Waals surface area contributed by atoms with E-state index in [4.69, 9.17) is 4.74 Å². The van der Waals surface area contributed by atoms with Crippen LogP contribution in [0.1, 0.15) is 53.4 Å². The molecule has 2 aromatic carbocycles. The summed E-state index contributed by atoms with van der Waals surface area (Å²) in [7, 11) is 0. The van der Waals surface area contributed by atoms with E-state index in [-0.39, 0.29) is 10.2 Å². The van der Waals surface area contributed by atoms with Gasteiger partial charge in [0.1, 0.15) is 0 Å². The Balaban J connectivity index is 1.86. The highest BCUT2D eigenvalue weighted by molar-refractivity contribution is 9.09. The number of hydrogen-bond acceptors (Lipinski definition) is 1. The first-order valence-corrected chi connectivity index (χ1v) is 8.31. The van der Waals surface area contributed by atoms with Crippen LogP contribution in [0.4, 0.5) is 0 Å². The molecule has 0 aliphatic carbocycles. The second-order valence-corrected chi connectivity index (χ2v) is 7.67. The molecule has 0 spiro atoms. The molecule has 1 heterocycles. The van der Waals surface area contributed by atoms with Crippen molar-refractivity contribution in [3.63, 3.8) is 0 Å². The molecule has 0 saturated heterocycles. The van der Waals surface area contributed by atoms with Crippen molar-refractivity contribution in [1.29, 1.82) is 0 Å². The Labute approximate surface area is 135 Å². The molecule has 2 heteroatoms. The predicted octanol–water partition coefficient (Wildman–Crippen LogP) is 5.50. The van der Waals surface area contributed by atoms with E-state index in [1.807, 2.05) is 0 Å². The van der Waals surface area contributed by atoms with Gasteiger partial charge in [-0.2, -0.15) is 0 Å². The number of ether oxygens (including phenoxy) is 1. The van der Waals surface area contributed by atoms with E-state index in [2.05, 4.69) is 79.2 Å². The second kappa shape index (κ2) is 5.58. The lowest BCUT2D eigenvalue weighted by Gasteiger charge is -2.20. The number of hydrogen-bond donors (Lipinski definition) is 0. The molecule has 0 aromatic heterocycles. The monoisotopic (exact) mass is 344 g/mol. The Morgan fingerprint density at radius 1 is 0.905 bits per heavy atom. The molecule has 1 aliphatic heterocycles. The van der Waals surface area contributed by atoms with Crippen LogP contribution in [0.5, 0.6) is 0 Å². The number of alkyl halides is 1. The Morgan fingerprint density at radius 2 is 1.52 bits per heavy atom. The van der Waals surface area contributed by atoms with E-state index < -0.39 is 0 Å². The Morgan fingerprint density at radius 3 is 2.19 bits per heavy atom. The predicted molar refractivity (Wildman–Crippen MR) is 90.8 cm³/mol. The topological polar surface area (TPSA) is 9.23 Å². The first-order chi connectivity index (χ1) is 9.95. The minimum absolute atomic E-state index is 0.200. The van der Waals surface area contributed by atoms with Crippen LogP contribution >= 0.6 is 15.9 Å². The van der Waals surface area contributed by atoms with Crippen LogP contribution in [0.2, 0.25) is 0 Å². The SMILES string of the molecule is CC(C)(C)c1ccc(C(Br)c2ccc3c(c2)COC3)cc1. The van der Waals surface area contributed by atoms with Gasteiger partial charge >= 0.3 is 0 Å². The summed E-state index contributed by atoms with van der Waals surface area (Å²) in [5.41, 5.74) is 6.80. The third-order valence-corrected chi connectivity index (χ3v) is 5.16. The van der Waals surface area contributed by atoms with Crippen molar-refractivity contribution in [2.45, 2.75) is 44.2 Å². The summed E-state index contributed by atoms with van der Waals surface area (Å²) in [4.78, 5) is 0.234. The molecular formula is C19H21BrO. The second-order valence-electron chi connectivity index (χ2n) is 6.76. The summed E-state index contributed by atoms with van der Waals surface area (Å²) in [6.07, 6.45) is 0. The van der Waals surface area contributed by atoms with E-state index in [9.17, 15) is 0 Å². The fourth-order valence-electron chi connectivity index (χ4n) is 2.69. The normalized spacial score (nSPS) is 15.8. The first kappa shape index (κ1) is 14.8. The van der Waals surface area contributed by atoms with E-state index in [1.165, 1.54) is 27.8 Å². The molecule has 1 unspecified atom stereocenters. The van der Waals surface area contributed by atoms with Crippen molar-refractivity contribution in [2.75, 3.05) is 0 Å². The van der Waals surface area contributed by atoms with E-state index in [0.29, 0.717) is 0 Å². The van der Waals surface area contributed by atoms with Gasteiger partial charge in [-0.05, 0) is 33.2 Å². The zero-order chi connectivity index (χ0) is 15.0. The van der Waals surface area contributed by atoms with Crippen LogP contribution in [0.3, 0.4) is 0 Å². The van der Waals surface area contributed by atoms with Gasteiger partial charge in [-0.15, -0.1) is 0 Å². The van der Waals surface area contributed by atoms with Gasteiger partial charge in [0.25, 0.3) is 0 Å². The molecule has 1 aliphatic rings. The maximum atomic E-state index is 5.49. The van der Waals surface area contributed by atoms with Crippen LogP contribution in [0.15, 0.2) is 42.5 Å². The summed E-state index contributed by atoms with van der Waals surface area (Å²) < 4.78 is 5.49. The molecule has 0 saturated carbocycles. The fourth-order valence-corrected chi connectivity index (χ4v) is 3.28. The molecule has 1 atom stereocenters. The van der Waals surface area contributed by atoms with Crippen LogP contribution < -0.4 is 0 Å². The van der Waals surface area contributed by atoms with E-state index >= 15 is 0 Å². The molecule has 3 rings (SSSR count). The molecule has 0 amide bonds. The average molecular weight is 345 g/mol. The molecule has 1 nitrogen and oxygen atoms in total. The molecule has 21 heavy (non-hydrogen) atoms. The molecule has 110 valence electrons. The van der Waals surface area contributed by atoms with E-state index in [0.717, 1.165) is 13.2 Å². The Hall–Kier alpha value is -1.12. The summed E-state index contributed by atoms with van der Waals surface area (Å²) in [6.45, 7) is 8.23. The fraction of sp³-hybridized carbons (Fsp3) is 0.368. The van der Waals surface area contributed by atoms with Crippen LogP contribution in [-0.4, -0.2) is 0 Å². The Kier molecular flexibility index (Phi) is 3.94. The zero-order valence-electron chi connectivity index (χ0n) is 12.8. The third kappa shape index (κ3) is 3.07. The summed E-state index contributed by atoms with van der Waals surface area (Å²) >= 11 is 3.84. The largest absolute Gasteiger partial charge is 0.372 e. The summed E-state index contributed by atoms with van der Waals surface area (Å²) in [6, 6.07) is 15.6. The van der Waals surface area contributed by atoms with Gasteiger partial charge in [0.05, 0.1) is 18.0 Å². The van der Waals surface area contributed by atoms with Gasteiger partial charge < -0.3 is 4.74 Å². The van der Waals surface area contributed by atoms with Crippen molar-refractivity contribution in [2.24, 2.45) is 0 Å². The van der Waals surface area contributed by atoms with Crippen molar-refractivity contribution < 1.29 is 4.74 Å². The summed E-state index contributed by atoms with van der Waals surface area (Å²) in [5, 5.41) is 0. The summed E-state index contributed by atoms with van der Waals surface area (Å²) in [5.74, 6) is 0. The minimum atomic E-state index is 0.200. The lowest BCUT2D eigenvalue weighted by molar-refractivity contribution is 0.134. The van der Waals surface area contributed by atoms with Crippen molar-refractivity contribution in [1.82, 2.24) is 0 Å². The molecule has 2 aromatic rings. The van der Waals surface area contributed by atoms with Crippen LogP contribution in [0.25, 0.3) is 0 Å². The quantitative estimate of drug-likeness (QED) is 0.653. The molecule has 0 bridgehead atoms. The minimum Gasteiger partial charge on any atom is -0.372 e. The lowest BCUT2D eigenvalue weighted by Crippen LogP contribution is -2.10. The van der Waals surface area contributed by atoms with Crippen molar-refractivity contribution >= 4 is 15.9 Å². The van der Waals surface area contributed by atoms with Crippen LogP contribution in [0, 0.1) is 0 Å². The third-order valence-electron chi connectivity index (χ3n) is 4.11. The van der Waals surface area contributed by atoms with E-state index in [1.54, 1.807) is 0 Å². The maximum absolute atomic E-state index is 5.49. The highest BCUT2D eigenvalue weighted by atomic mass is 79.9. The maximum Gasteiger partial charge on any atom is 0.0725 e. The van der Waals surface area contributed by atoms with Crippen LogP contribution in [-0.2, 0) is 23.4 Å². The van der Waals surface area contributed by atoms with Gasteiger partial charge in [-0.1, -0.05) is 79.2 Å². The molecule has 0 fully saturated rings. The molecular weight excluding hydrogens is 324 g/mol. The van der Waals surface area contributed by atoms with Gasteiger partial charge in [0.2, 0.25) is 0 Å². The molecule has 0 radical (unpaired) electrons. The highest BCUT2D eigenvalue weighted by Crippen LogP contribution is 2.34. The first-order valence-electron chi connectivity index (χ1n) is 7.39. The number of rotatable bonds is 2. The standard InChI is InChI=1S/C19H21BrO/c1-19(2,3)17-8-6-13(7-9-17)18(20)14-4-5-15-11-21-12-16(15)10-14/h4-10,18H,11-12H2,1-3H3. The van der Waals surface area contributed by atoms with Crippen molar-refractivity contribution in [3.8, 4) is 0 Å². The zero-order valence-corrected chi connectivity index (χ0v) is 14.4.